The highest BCUT2D eigenvalue weighted by molar-refractivity contribution is 5.79. The zero-order valence-electron chi connectivity index (χ0n) is 17.1. The lowest BCUT2D eigenvalue weighted by molar-refractivity contribution is -0.154. The quantitative estimate of drug-likeness (QED) is 0.346. The number of halogens is 3. The van der Waals surface area contributed by atoms with Crippen molar-refractivity contribution in [2.24, 2.45) is 10.4 Å². The van der Waals surface area contributed by atoms with Gasteiger partial charge in [-0.3, -0.25) is 4.99 Å². The fraction of sp³-hybridized carbons (Fsp3) is 0.700. The Morgan fingerprint density at radius 2 is 2.03 bits per heavy atom. The van der Waals surface area contributed by atoms with E-state index in [1.54, 1.807) is 19.2 Å². The number of aliphatic imine (C=N–C) groups is 1. The molecule has 1 aromatic heterocycles. The number of nitrogens with one attached hydrogen (secondary N) is 2. The van der Waals surface area contributed by atoms with Gasteiger partial charge in [0.1, 0.15) is 0 Å². The Kier molecular flexibility index (Phi) is 9.00. The molecule has 1 saturated carbocycles. The number of hydrogen-bond donors (Lipinski definition) is 2. The maximum Gasteiger partial charge on any atom is 0.422 e. The number of pyridine rings is 1. The lowest BCUT2D eigenvalue weighted by Crippen LogP contribution is -2.43. The van der Waals surface area contributed by atoms with Crippen LogP contribution in [0.3, 0.4) is 0 Å². The van der Waals surface area contributed by atoms with Crippen LogP contribution in [0, 0.1) is 5.41 Å². The number of nitrogens with zero attached hydrogens (tertiary/aromatic N) is 2. The molecule has 9 heteroatoms. The van der Waals surface area contributed by atoms with Crippen LogP contribution in [0.4, 0.5) is 13.2 Å². The Balaban J connectivity index is 1.89. The molecule has 1 heterocycles. The first-order valence-corrected chi connectivity index (χ1v) is 10.0. The number of ether oxygens (including phenoxy) is 2. The monoisotopic (exact) mass is 416 g/mol. The molecule has 0 aromatic carbocycles. The molecule has 6 nitrogen and oxygen atoms in total. The van der Waals surface area contributed by atoms with Crippen LogP contribution >= 0.6 is 0 Å². The standard InChI is InChI=1S/C20H31F3N4O2/c1-3-28-12-10-19(8-4-5-9-19)14-27-18(24-2)26-13-16-7-6-11-25-17(16)29-15-20(21,22)23/h6-7,11H,3-5,8-10,12-15H2,1-2H3,(H2,24,26,27). The second-order valence-corrected chi connectivity index (χ2v) is 7.30. The second-order valence-electron chi connectivity index (χ2n) is 7.30. The van der Waals surface area contributed by atoms with Crippen molar-refractivity contribution in [3.63, 3.8) is 0 Å². The summed E-state index contributed by atoms with van der Waals surface area (Å²) in [5, 5.41) is 6.51. The lowest BCUT2D eigenvalue weighted by Gasteiger charge is -2.30. The fourth-order valence-corrected chi connectivity index (χ4v) is 3.58. The highest BCUT2D eigenvalue weighted by Gasteiger charge is 2.33. The minimum atomic E-state index is -4.41. The first-order valence-electron chi connectivity index (χ1n) is 10.0. The number of aromatic nitrogens is 1. The summed E-state index contributed by atoms with van der Waals surface area (Å²) >= 11 is 0. The molecule has 2 rings (SSSR count). The van der Waals surface area contributed by atoms with Gasteiger partial charge in [-0.05, 0) is 37.7 Å². The number of alkyl halides is 3. The molecule has 0 radical (unpaired) electrons. The summed E-state index contributed by atoms with van der Waals surface area (Å²) < 4.78 is 47.7. The third-order valence-corrected chi connectivity index (χ3v) is 5.17. The number of guanidine groups is 1. The van der Waals surface area contributed by atoms with Gasteiger partial charge in [-0.15, -0.1) is 0 Å². The Morgan fingerprint density at radius 3 is 2.69 bits per heavy atom. The molecule has 0 aliphatic heterocycles. The zero-order chi connectivity index (χ0) is 21.2. The highest BCUT2D eigenvalue weighted by atomic mass is 19.4. The molecule has 29 heavy (non-hydrogen) atoms. The first kappa shape index (κ1) is 23.3. The van der Waals surface area contributed by atoms with Crippen molar-refractivity contribution in [3.05, 3.63) is 23.9 Å². The molecular formula is C20H31F3N4O2. The van der Waals surface area contributed by atoms with Gasteiger partial charge < -0.3 is 20.1 Å². The van der Waals surface area contributed by atoms with Crippen molar-refractivity contribution in [1.82, 2.24) is 15.6 Å². The van der Waals surface area contributed by atoms with E-state index in [1.807, 2.05) is 6.92 Å². The van der Waals surface area contributed by atoms with Gasteiger partial charge in [0, 0.05) is 45.1 Å². The summed E-state index contributed by atoms with van der Waals surface area (Å²) in [6.07, 6.45) is 2.75. The smallest absolute Gasteiger partial charge is 0.422 e. The van der Waals surface area contributed by atoms with Crippen LogP contribution in [-0.4, -0.2) is 50.5 Å². The van der Waals surface area contributed by atoms with Crippen molar-refractivity contribution in [2.75, 3.05) is 33.4 Å². The highest BCUT2D eigenvalue weighted by Crippen LogP contribution is 2.40. The van der Waals surface area contributed by atoms with E-state index < -0.39 is 12.8 Å². The fourth-order valence-electron chi connectivity index (χ4n) is 3.58. The number of hydrogen-bond acceptors (Lipinski definition) is 4. The molecule has 1 aliphatic carbocycles. The minimum absolute atomic E-state index is 0.0308. The molecule has 0 saturated heterocycles. The minimum Gasteiger partial charge on any atom is -0.468 e. The van der Waals surface area contributed by atoms with Crippen molar-refractivity contribution in [3.8, 4) is 5.88 Å². The Labute approximate surface area is 170 Å². The van der Waals surface area contributed by atoms with Crippen LogP contribution < -0.4 is 15.4 Å². The zero-order valence-corrected chi connectivity index (χ0v) is 17.1. The lowest BCUT2D eigenvalue weighted by atomic mass is 9.83. The summed E-state index contributed by atoms with van der Waals surface area (Å²) in [5.41, 5.74) is 0.730. The van der Waals surface area contributed by atoms with Gasteiger partial charge in [-0.2, -0.15) is 13.2 Å². The second kappa shape index (κ2) is 11.2. The largest absolute Gasteiger partial charge is 0.468 e. The molecule has 2 N–H and O–H groups in total. The van der Waals surface area contributed by atoms with E-state index >= 15 is 0 Å². The third kappa shape index (κ3) is 8.08. The molecule has 1 aromatic rings. The molecular weight excluding hydrogens is 385 g/mol. The number of rotatable bonds is 10. The molecule has 0 unspecified atom stereocenters. The van der Waals surface area contributed by atoms with Crippen molar-refractivity contribution >= 4 is 5.96 Å². The van der Waals surface area contributed by atoms with Crippen LogP contribution in [0.1, 0.15) is 44.6 Å². The van der Waals surface area contributed by atoms with Crippen LogP contribution in [0.15, 0.2) is 23.3 Å². The Morgan fingerprint density at radius 1 is 1.28 bits per heavy atom. The summed E-state index contributed by atoms with van der Waals surface area (Å²) in [6, 6.07) is 3.34. The SMILES string of the molecule is CCOCCC1(CNC(=NC)NCc2cccnc2OCC(F)(F)F)CCCC1. The predicted molar refractivity (Wildman–Crippen MR) is 106 cm³/mol. The maximum atomic E-state index is 12.4. The topological polar surface area (TPSA) is 67.8 Å². The summed E-state index contributed by atoms with van der Waals surface area (Å²) in [5.74, 6) is 0.565. The van der Waals surface area contributed by atoms with E-state index in [2.05, 4.69) is 20.6 Å². The summed E-state index contributed by atoms with van der Waals surface area (Å²) in [6.45, 7) is 3.13. The molecule has 0 spiro atoms. The van der Waals surface area contributed by atoms with E-state index in [-0.39, 0.29) is 17.8 Å². The average molecular weight is 416 g/mol. The van der Waals surface area contributed by atoms with Crippen molar-refractivity contribution < 1.29 is 22.6 Å². The maximum absolute atomic E-state index is 12.4. The molecule has 164 valence electrons. The summed E-state index contributed by atoms with van der Waals surface area (Å²) in [7, 11) is 1.67. The predicted octanol–water partition coefficient (Wildman–Crippen LogP) is 3.67. The van der Waals surface area contributed by atoms with E-state index in [0.717, 1.165) is 39.0 Å². The third-order valence-electron chi connectivity index (χ3n) is 5.17. The van der Waals surface area contributed by atoms with Gasteiger partial charge in [0.2, 0.25) is 5.88 Å². The molecule has 0 atom stereocenters. The van der Waals surface area contributed by atoms with Crippen molar-refractivity contribution in [1.29, 1.82) is 0 Å². The Hall–Kier alpha value is -2.03. The van der Waals surface area contributed by atoms with Crippen LogP contribution in [0.2, 0.25) is 0 Å². The normalized spacial score (nSPS) is 16.7. The molecule has 1 fully saturated rings. The van der Waals surface area contributed by atoms with Gasteiger partial charge in [-0.25, -0.2) is 4.98 Å². The first-order chi connectivity index (χ1) is 13.9. The van der Waals surface area contributed by atoms with Crippen LogP contribution in [0.5, 0.6) is 5.88 Å². The van der Waals surface area contributed by atoms with Gasteiger partial charge in [0.05, 0.1) is 0 Å². The van der Waals surface area contributed by atoms with E-state index in [1.165, 1.54) is 19.0 Å². The van der Waals surface area contributed by atoms with Crippen LogP contribution in [0.25, 0.3) is 0 Å². The van der Waals surface area contributed by atoms with Gasteiger partial charge in [0.25, 0.3) is 0 Å². The van der Waals surface area contributed by atoms with E-state index in [0.29, 0.717) is 11.5 Å². The van der Waals surface area contributed by atoms with Gasteiger partial charge in [0.15, 0.2) is 12.6 Å². The average Bonchev–Trinajstić information content (AvgIpc) is 3.16. The molecule has 1 aliphatic rings. The van der Waals surface area contributed by atoms with Gasteiger partial charge in [-0.1, -0.05) is 18.9 Å². The van der Waals surface area contributed by atoms with Crippen molar-refractivity contribution in [2.45, 2.75) is 51.7 Å². The summed E-state index contributed by atoms with van der Waals surface area (Å²) in [4.78, 5) is 8.14. The van der Waals surface area contributed by atoms with Crippen LogP contribution in [-0.2, 0) is 11.3 Å². The Bertz CT molecular complexity index is 647. The van der Waals surface area contributed by atoms with E-state index in [4.69, 9.17) is 9.47 Å². The van der Waals surface area contributed by atoms with Gasteiger partial charge >= 0.3 is 6.18 Å². The molecule has 0 bridgehead atoms. The molecule has 0 amide bonds. The van der Waals surface area contributed by atoms with E-state index in [9.17, 15) is 13.2 Å².